The van der Waals surface area contributed by atoms with Crippen molar-refractivity contribution >= 4 is 22.3 Å². The standard InChI is InChI=1S/C24H27F2N5O/c1-5-32-24-18(10-8-12-30(24)26)20-13-21(27-14-17-9-6-7-11-19(17)25)23-22(28-20)16(4)29-31(23)15(2)3/h6-11,13,15H,5,12,14H2,1-4H3,(H,27,28). The Morgan fingerprint density at radius 1 is 1.25 bits per heavy atom. The maximum Gasteiger partial charge on any atom is 0.227 e. The van der Waals surface area contributed by atoms with Crippen LogP contribution in [0, 0.1) is 12.7 Å². The molecule has 8 heteroatoms. The van der Waals surface area contributed by atoms with Crippen LogP contribution in [0.25, 0.3) is 16.6 Å². The van der Waals surface area contributed by atoms with E-state index in [1.165, 1.54) is 6.07 Å². The first-order valence-electron chi connectivity index (χ1n) is 10.7. The fourth-order valence-corrected chi connectivity index (χ4v) is 3.79. The second-order valence-electron chi connectivity index (χ2n) is 7.92. The van der Waals surface area contributed by atoms with E-state index in [0.29, 0.717) is 34.1 Å². The summed E-state index contributed by atoms with van der Waals surface area (Å²) < 4.78 is 36.2. The minimum Gasteiger partial charge on any atom is -0.477 e. The van der Waals surface area contributed by atoms with E-state index in [9.17, 15) is 8.87 Å². The van der Waals surface area contributed by atoms with Crippen molar-refractivity contribution < 1.29 is 13.6 Å². The molecule has 3 aromatic rings. The number of fused-ring (bicyclic) bond motifs is 1. The Morgan fingerprint density at radius 2 is 2.03 bits per heavy atom. The van der Waals surface area contributed by atoms with E-state index in [-0.39, 0.29) is 30.8 Å². The molecule has 1 aliphatic heterocycles. The molecule has 168 valence electrons. The number of ether oxygens (including phenoxy) is 1. The smallest absolute Gasteiger partial charge is 0.227 e. The maximum absolute atomic E-state index is 14.5. The van der Waals surface area contributed by atoms with E-state index in [1.54, 1.807) is 24.3 Å². The summed E-state index contributed by atoms with van der Waals surface area (Å²) in [5.41, 5.74) is 4.70. The van der Waals surface area contributed by atoms with Crippen molar-refractivity contribution in [2.45, 2.75) is 40.3 Å². The molecule has 0 unspecified atom stereocenters. The molecule has 4 rings (SSSR count). The lowest BCUT2D eigenvalue weighted by Gasteiger charge is -2.22. The van der Waals surface area contributed by atoms with Crippen LogP contribution in [0.2, 0.25) is 0 Å². The molecule has 3 heterocycles. The summed E-state index contributed by atoms with van der Waals surface area (Å²) in [5.74, 6) is -0.139. The topological polar surface area (TPSA) is 55.2 Å². The lowest BCUT2D eigenvalue weighted by atomic mass is 10.1. The molecule has 0 aliphatic carbocycles. The molecule has 0 saturated carbocycles. The summed E-state index contributed by atoms with van der Waals surface area (Å²) in [4.78, 5) is 4.82. The van der Waals surface area contributed by atoms with Gasteiger partial charge in [-0.05, 0) is 45.9 Å². The number of anilines is 1. The van der Waals surface area contributed by atoms with Crippen molar-refractivity contribution in [2.24, 2.45) is 0 Å². The van der Waals surface area contributed by atoms with E-state index in [1.807, 2.05) is 44.5 Å². The van der Waals surface area contributed by atoms with Gasteiger partial charge in [0.25, 0.3) is 0 Å². The van der Waals surface area contributed by atoms with Crippen molar-refractivity contribution in [1.82, 2.24) is 19.9 Å². The van der Waals surface area contributed by atoms with Gasteiger partial charge in [-0.3, -0.25) is 4.68 Å². The summed E-state index contributed by atoms with van der Waals surface area (Å²) >= 11 is 0. The average molecular weight is 440 g/mol. The third-order valence-corrected chi connectivity index (χ3v) is 5.30. The van der Waals surface area contributed by atoms with Gasteiger partial charge in [0.2, 0.25) is 5.88 Å². The van der Waals surface area contributed by atoms with Gasteiger partial charge in [0, 0.05) is 18.2 Å². The molecule has 1 N–H and O–H groups in total. The van der Waals surface area contributed by atoms with Crippen molar-refractivity contribution in [3.8, 4) is 0 Å². The Bertz CT molecular complexity index is 1200. The van der Waals surface area contributed by atoms with Crippen LogP contribution in [-0.2, 0) is 11.3 Å². The SMILES string of the molecule is CCOC1=C(c2cc(NCc3ccccc3F)c3c(n2)c(C)nn3C(C)C)C=CCN1F. The number of hydrogen-bond donors (Lipinski definition) is 1. The Balaban J connectivity index is 1.87. The van der Waals surface area contributed by atoms with Gasteiger partial charge in [-0.15, -0.1) is 0 Å². The molecule has 32 heavy (non-hydrogen) atoms. The number of rotatable bonds is 7. The molecule has 0 bridgehead atoms. The monoisotopic (exact) mass is 439 g/mol. The summed E-state index contributed by atoms with van der Waals surface area (Å²) in [6.45, 7) is 8.53. The number of nitrogens with one attached hydrogen (secondary N) is 1. The Morgan fingerprint density at radius 3 is 2.75 bits per heavy atom. The summed E-state index contributed by atoms with van der Waals surface area (Å²) in [5, 5.41) is 8.60. The third kappa shape index (κ3) is 4.04. The number of halogens is 2. The molecule has 1 aromatic carbocycles. The second-order valence-corrected chi connectivity index (χ2v) is 7.92. The molecule has 6 nitrogen and oxygen atoms in total. The highest BCUT2D eigenvalue weighted by Gasteiger charge is 2.23. The van der Waals surface area contributed by atoms with Crippen LogP contribution in [0.4, 0.5) is 14.6 Å². The largest absolute Gasteiger partial charge is 0.477 e. The first-order chi connectivity index (χ1) is 15.4. The molecular weight excluding hydrogens is 412 g/mol. The molecule has 1 aliphatic rings. The van der Waals surface area contributed by atoms with Crippen molar-refractivity contribution in [1.29, 1.82) is 0 Å². The molecule has 0 saturated heterocycles. The minimum absolute atomic E-state index is 0.0990. The van der Waals surface area contributed by atoms with Crippen molar-refractivity contribution in [3.05, 3.63) is 71.1 Å². The summed E-state index contributed by atoms with van der Waals surface area (Å²) in [6, 6.07) is 8.60. The van der Waals surface area contributed by atoms with Gasteiger partial charge in [0.1, 0.15) is 16.9 Å². The maximum atomic E-state index is 14.5. The fraction of sp³-hybridized carbons (Fsp3) is 0.333. The predicted molar refractivity (Wildman–Crippen MR) is 122 cm³/mol. The van der Waals surface area contributed by atoms with Gasteiger partial charge < -0.3 is 10.1 Å². The number of aryl methyl sites for hydroxylation is 1. The highest BCUT2D eigenvalue weighted by Crippen LogP contribution is 2.34. The van der Waals surface area contributed by atoms with E-state index in [2.05, 4.69) is 10.4 Å². The van der Waals surface area contributed by atoms with Crippen LogP contribution in [0.5, 0.6) is 0 Å². The van der Waals surface area contributed by atoms with Crippen LogP contribution in [0.3, 0.4) is 0 Å². The van der Waals surface area contributed by atoms with Gasteiger partial charge in [-0.1, -0.05) is 28.8 Å². The first-order valence-corrected chi connectivity index (χ1v) is 10.7. The molecule has 2 aromatic heterocycles. The zero-order valence-corrected chi connectivity index (χ0v) is 18.7. The molecule has 0 fully saturated rings. The molecule has 0 spiro atoms. The van der Waals surface area contributed by atoms with Crippen molar-refractivity contribution in [3.63, 3.8) is 0 Å². The van der Waals surface area contributed by atoms with Gasteiger partial charge in [0.05, 0.1) is 35.8 Å². The Hall–Kier alpha value is -3.42. The number of benzene rings is 1. The fourth-order valence-electron chi connectivity index (χ4n) is 3.79. The van der Waals surface area contributed by atoms with Gasteiger partial charge in [-0.2, -0.15) is 10.2 Å². The van der Waals surface area contributed by atoms with E-state index >= 15 is 0 Å². The summed E-state index contributed by atoms with van der Waals surface area (Å²) in [6.07, 6.45) is 3.54. The predicted octanol–water partition coefficient (Wildman–Crippen LogP) is 5.53. The lowest BCUT2D eigenvalue weighted by Crippen LogP contribution is -2.20. The average Bonchev–Trinajstić information content (AvgIpc) is 3.11. The van der Waals surface area contributed by atoms with Gasteiger partial charge >= 0.3 is 0 Å². The van der Waals surface area contributed by atoms with Crippen LogP contribution >= 0.6 is 0 Å². The summed E-state index contributed by atoms with van der Waals surface area (Å²) in [7, 11) is 0. The van der Waals surface area contributed by atoms with Crippen LogP contribution in [-0.4, -0.2) is 33.0 Å². The van der Waals surface area contributed by atoms with E-state index in [4.69, 9.17) is 9.72 Å². The van der Waals surface area contributed by atoms with Crippen LogP contribution < -0.4 is 5.32 Å². The number of aromatic nitrogens is 3. The first kappa shape index (κ1) is 21.8. The third-order valence-electron chi connectivity index (χ3n) is 5.30. The number of allylic oxidation sites excluding steroid dienone is 2. The number of nitrogens with zero attached hydrogens (tertiary/aromatic N) is 4. The normalized spacial score (nSPS) is 14.0. The molecule has 0 radical (unpaired) electrons. The zero-order chi connectivity index (χ0) is 22.8. The van der Waals surface area contributed by atoms with Crippen LogP contribution in [0.1, 0.15) is 43.8 Å². The van der Waals surface area contributed by atoms with E-state index in [0.717, 1.165) is 16.9 Å². The number of pyridine rings is 1. The Labute approximate surface area is 186 Å². The second kappa shape index (κ2) is 8.98. The molecule has 0 atom stereocenters. The highest BCUT2D eigenvalue weighted by atomic mass is 19.2. The highest BCUT2D eigenvalue weighted by molar-refractivity contribution is 5.93. The lowest BCUT2D eigenvalue weighted by molar-refractivity contribution is -0.00341. The van der Waals surface area contributed by atoms with Gasteiger partial charge in [-0.25, -0.2) is 9.37 Å². The number of hydrogen-bond acceptors (Lipinski definition) is 5. The van der Waals surface area contributed by atoms with Gasteiger partial charge in [0.15, 0.2) is 0 Å². The quantitative estimate of drug-likeness (QED) is 0.491. The zero-order valence-electron chi connectivity index (χ0n) is 18.7. The van der Waals surface area contributed by atoms with E-state index < -0.39 is 0 Å². The molecular formula is C24H27F2N5O. The minimum atomic E-state index is -0.274. The van der Waals surface area contributed by atoms with Crippen molar-refractivity contribution in [2.75, 3.05) is 18.5 Å². The Kier molecular flexibility index (Phi) is 6.12. The molecule has 0 amide bonds. The van der Waals surface area contributed by atoms with Crippen LogP contribution in [0.15, 0.2) is 48.4 Å².